The van der Waals surface area contributed by atoms with Gasteiger partial charge in [0.1, 0.15) is 11.3 Å². The summed E-state index contributed by atoms with van der Waals surface area (Å²) in [6.45, 7) is 3.13. The van der Waals surface area contributed by atoms with Crippen molar-refractivity contribution in [1.82, 2.24) is 14.5 Å². The van der Waals surface area contributed by atoms with Gasteiger partial charge < -0.3 is 9.88 Å². The number of anilines is 1. The highest BCUT2D eigenvalue weighted by Gasteiger charge is 2.14. The monoisotopic (exact) mass is 266 g/mol. The largest absolute Gasteiger partial charge is 0.388 e. The lowest BCUT2D eigenvalue weighted by Crippen LogP contribution is -2.01. The second kappa shape index (κ2) is 5.33. The lowest BCUT2D eigenvalue weighted by atomic mass is 10.1. The van der Waals surface area contributed by atoms with Crippen molar-refractivity contribution in [2.45, 2.75) is 19.9 Å². The number of nitrogens with zero attached hydrogens (tertiary/aromatic N) is 3. The molecular weight excluding hydrogens is 248 g/mol. The number of fused-ring (bicyclic) bond motifs is 1. The first-order valence-electron chi connectivity index (χ1n) is 6.92. The van der Waals surface area contributed by atoms with Crippen LogP contribution in [0.15, 0.2) is 42.7 Å². The van der Waals surface area contributed by atoms with E-state index in [-0.39, 0.29) is 0 Å². The molecule has 0 spiro atoms. The van der Waals surface area contributed by atoms with Crippen LogP contribution in [0.3, 0.4) is 0 Å². The molecule has 1 aromatic carbocycles. The topological polar surface area (TPSA) is 42.7 Å². The minimum atomic E-state index is 0.946. The number of imidazole rings is 1. The number of para-hydroxylation sites is 1. The third kappa shape index (κ3) is 2.03. The Hall–Kier alpha value is -2.36. The van der Waals surface area contributed by atoms with Gasteiger partial charge in [-0.1, -0.05) is 19.1 Å². The maximum Gasteiger partial charge on any atom is 0.143 e. The van der Waals surface area contributed by atoms with Gasteiger partial charge in [-0.05, 0) is 24.6 Å². The number of nitrogens with one attached hydrogen (secondary N) is 1. The van der Waals surface area contributed by atoms with Crippen molar-refractivity contribution in [2.75, 3.05) is 12.4 Å². The zero-order valence-electron chi connectivity index (χ0n) is 11.8. The summed E-state index contributed by atoms with van der Waals surface area (Å²) in [4.78, 5) is 8.94. The Morgan fingerprint density at radius 1 is 1.20 bits per heavy atom. The molecule has 4 nitrogen and oxygen atoms in total. The van der Waals surface area contributed by atoms with Crippen molar-refractivity contribution >= 4 is 16.7 Å². The minimum absolute atomic E-state index is 0.946. The predicted molar refractivity (Wildman–Crippen MR) is 82.8 cm³/mol. The summed E-state index contributed by atoms with van der Waals surface area (Å²) < 4.78 is 2.27. The van der Waals surface area contributed by atoms with E-state index in [4.69, 9.17) is 4.98 Å². The molecule has 3 aromatic rings. The number of benzene rings is 1. The Labute approximate surface area is 118 Å². The Bertz CT molecular complexity index is 730. The van der Waals surface area contributed by atoms with E-state index in [1.165, 1.54) is 0 Å². The smallest absolute Gasteiger partial charge is 0.143 e. The quantitative estimate of drug-likeness (QED) is 0.785. The Balaban J connectivity index is 2.27. The van der Waals surface area contributed by atoms with Crippen LogP contribution in [0.2, 0.25) is 0 Å². The number of aromatic nitrogens is 3. The van der Waals surface area contributed by atoms with E-state index in [0.29, 0.717) is 0 Å². The SMILES string of the molecule is CCCn1c(-c2ccccc2NC)nc2cnccc21. The number of rotatable bonds is 4. The van der Waals surface area contributed by atoms with E-state index in [0.717, 1.165) is 41.1 Å². The first-order chi connectivity index (χ1) is 9.85. The molecule has 0 aliphatic rings. The number of hydrogen-bond acceptors (Lipinski definition) is 3. The molecule has 0 amide bonds. The van der Waals surface area contributed by atoms with Crippen molar-refractivity contribution in [3.8, 4) is 11.4 Å². The highest BCUT2D eigenvalue weighted by molar-refractivity contribution is 5.83. The summed E-state index contributed by atoms with van der Waals surface area (Å²) in [5, 5.41) is 3.24. The Morgan fingerprint density at radius 2 is 2.05 bits per heavy atom. The molecule has 20 heavy (non-hydrogen) atoms. The van der Waals surface area contributed by atoms with Gasteiger partial charge in [-0.15, -0.1) is 0 Å². The van der Waals surface area contributed by atoms with Crippen LogP contribution >= 0.6 is 0 Å². The predicted octanol–water partition coefficient (Wildman–Crippen LogP) is 3.55. The summed E-state index contributed by atoms with van der Waals surface area (Å²) in [5.41, 5.74) is 4.30. The molecule has 2 aromatic heterocycles. The van der Waals surface area contributed by atoms with E-state index in [1.54, 1.807) is 0 Å². The molecule has 0 aliphatic heterocycles. The highest BCUT2D eigenvalue weighted by atomic mass is 15.1. The number of aryl methyl sites for hydroxylation is 1. The van der Waals surface area contributed by atoms with E-state index in [9.17, 15) is 0 Å². The highest BCUT2D eigenvalue weighted by Crippen LogP contribution is 2.30. The zero-order valence-corrected chi connectivity index (χ0v) is 11.8. The second-order valence-electron chi connectivity index (χ2n) is 4.75. The van der Waals surface area contributed by atoms with Crippen molar-refractivity contribution < 1.29 is 0 Å². The molecule has 0 fully saturated rings. The normalized spacial score (nSPS) is 10.9. The van der Waals surface area contributed by atoms with Crippen LogP contribution in [0.25, 0.3) is 22.4 Å². The van der Waals surface area contributed by atoms with Crippen molar-refractivity contribution in [3.63, 3.8) is 0 Å². The molecule has 1 N–H and O–H groups in total. The lowest BCUT2D eigenvalue weighted by molar-refractivity contribution is 0.704. The summed E-state index contributed by atoms with van der Waals surface area (Å²) >= 11 is 0. The number of hydrogen-bond donors (Lipinski definition) is 1. The molecule has 3 rings (SSSR count). The molecule has 4 heteroatoms. The molecule has 0 unspecified atom stereocenters. The third-order valence-electron chi connectivity index (χ3n) is 3.44. The van der Waals surface area contributed by atoms with Crippen molar-refractivity contribution in [1.29, 1.82) is 0 Å². The molecule has 102 valence electrons. The third-order valence-corrected chi connectivity index (χ3v) is 3.44. The van der Waals surface area contributed by atoms with Gasteiger partial charge in [-0.3, -0.25) is 4.98 Å². The van der Waals surface area contributed by atoms with Gasteiger partial charge >= 0.3 is 0 Å². The Morgan fingerprint density at radius 3 is 2.85 bits per heavy atom. The van der Waals surface area contributed by atoms with Crippen LogP contribution in [0.1, 0.15) is 13.3 Å². The van der Waals surface area contributed by atoms with E-state index < -0.39 is 0 Å². The summed E-state index contributed by atoms with van der Waals surface area (Å²) in [5.74, 6) is 1.000. The molecule has 2 heterocycles. The van der Waals surface area contributed by atoms with Gasteiger partial charge in [0, 0.05) is 31.0 Å². The first kappa shape index (κ1) is 12.7. The van der Waals surface area contributed by atoms with Crippen molar-refractivity contribution in [3.05, 3.63) is 42.7 Å². The van der Waals surface area contributed by atoms with Crippen LogP contribution in [-0.4, -0.2) is 21.6 Å². The first-order valence-corrected chi connectivity index (χ1v) is 6.92. The average molecular weight is 266 g/mol. The maximum atomic E-state index is 4.77. The van der Waals surface area contributed by atoms with Gasteiger partial charge in [-0.25, -0.2) is 4.98 Å². The molecule has 0 aliphatic carbocycles. The van der Waals surface area contributed by atoms with Gasteiger partial charge in [0.05, 0.1) is 11.7 Å². The van der Waals surface area contributed by atoms with E-state index >= 15 is 0 Å². The van der Waals surface area contributed by atoms with E-state index in [1.807, 2.05) is 37.6 Å². The van der Waals surface area contributed by atoms with Gasteiger partial charge in [0.25, 0.3) is 0 Å². The molecule has 0 radical (unpaired) electrons. The standard InChI is InChI=1S/C16H18N4/c1-3-10-20-15-8-9-18-11-14(15)19-16(20)12-6-4-5-7-13(12)17-2/h4-9,11,17H,3,10H2,1-2H3. The van der Waals surface area contributed by atoms with Gasteiger partial charge in [0.2, 0.25) is 0 Å². The minimum Gasteiger partial charge on any atom is -0.388 e. The molecule has 0 bridgehead atoms. The average Bonchev–Trinajstić information content (AvgIpc) is 2.86. The summed E-state index contributed by atoms with van der Waals surface area (Å²) in [6.07, 6.45) is 4.72. The van der Waals surface area contributed by atoms with Gasteiger partial charge in [0.15, 0.2) is 0 Å². The Kier molecular flexibility index (Phi) is 3.37. The summed E-state index contributed by atoms with van der Waals surface area (Å²) in [6, 6.07) is 10.3. The van der Waals surface area contributed by atoms with Crippen LogP contribution in [0.5, 0.6) is 0 Å². The van der Waals surface area contributed by atoms with E-state index in [2.05, 4.69) is 33.9 Å². The molecule has 0 saturated heterocycles. The molecule has 0 saturated carbocycles. The van der Waals surface area contributed by atoms with Crippen LogP contribution < -0.4 is 5.32 Å². The fraction of sp³-hybridized carbons (Fsp3) is 0.250. The number of pyridine rings is 1. The molecule has 0 atom stereocenters. The van der Waals surface area contributed by atoms with Crippen molar-refractivity contribution in [2.24, 2.45) is 0 Å². The second-order valence-corrected chi connectivity index (χ2v) is 4.75. The fourth-order valence-electron chi connectivity index (χ4n) is 2.53. The lowest BCUT2D eigenvalue weighted by Gasteiger charge is -2.11. The van der Waals surface area contributed by atoms with Crippen LogP contribution in [-0.2, 0) is 6.54 Å². The fourth-order valence-corrected chi connectivity index (χ4v) is 2.53. The summed E-state index contributed by atoms with van der Waals surface area (Å²) in [7, 11) is 1.94. The maximum absolute atomic E-state index is 4.77. The van der Waals surface area contributed by atoms with Gasteiger partial charge in [-0.2, -0.15) is 0 Å². The zero-order chi connectivity index (χ0) is 13.9. The van der Waals surface area contributed by atoms with Crippen LogP contribution in [0.4, 0.5) is 5.69 Å². The van der Waals surface area contributed by atoms with Crippen LogP contribution in [0, 0.1) is 0 Å². The molecular formula is C16H18N4.